The van der Waals surface area contributed by atoms with Gasteiger partial charge in [0.1, 0.15) is 12.4 Å². The van der Waals surface area contributed by atoms with E-state index in [-0.39, 0.29) is 5.69 Å². The van der Waals surface area contributed by atoms with Gasteiger partial charge in [-0.2, -0.15) is 10.4 Å². The molecule has 0 aliphatic carbocycles. The molecule has 1 aromatic heterocycles. The van der Waals surface area contributed by atoms with E-state index in [2.05, 4.69) is 11.2 Å². The summed E-state index contributed by atoms with van der Waals surface area (Å²) in [6, 6.07) is 15.3. The van der Waals surface area contributed by atoms with Crippen LogP contribution in [0, 0.1) is 35.3 Å². The van der Waals surface area contributed by atoms with Crippen molar-refractivity contribution in [2.24, 2.45) is 0 Å². The lowest BCUT2D eigenvalue weighted by atomic mass is 10.2. The Hall–Kier alpha value is -3.66. The molecule has 0 bridgehead atoms. The van der Waals surface area contributed by atoms with Crippen molar-refractivity contribution in [1.29, 1.82) is 5.26 Å². The second-order valence-electron chi connectivity index (χ2n) is 5.76. The minimum Gasteiger partial charge on any atom is -0.489 e. The first-order valence-corrected chi connectivity index (χ1v) is 7.92. The molecular weight excluding hydrogens is 332 g/mol. The maximum absolute atomic E-state index is 10.7. The van der Waals surface area contributed by atoms with Crippen molar-refractivity contribution in [2.45, 2.75) is 20.5 Å². The molecule has 0 spiro atoms. The van der Waals surface area contributed by atoms with Gasteiger partial charge in [0.25, 0.3) is 5.69 Å². The van der Waals surface area contributed by atoms with Crippen LogP contribution in [-0.2, 0) is 6.61 Å². The zero-order valence-corrected chi connectivity index (χ0v) is 14.3. The molecule has 26 heavy (non-hydrogen) atoms. The van der Waals surface area contributed by atoms with Crippen LogP contribution >= 0.6 is 0 Å². The summed E-state index contributed by atoms with van der Waals surface area (Å²) in [7, 11) is 0. The predicted molar refractivity (Wildman–Crippen MR) is 95.2 cm³/mol. The van der Waals surface area contributed by atoms with Crippen LogP contribution in [0.25, 0.3) is 5.69 Å². The fourth-order valence-electron chi connectivity index (χ4n) is 2.63. The van der Waals surface area contributed by atoms with Gasteiger partial charge in [-0.15, -0.1) is 0 Å². The Labute approximate surface area is 150 Å². The lowest BCUT2D eigenvalue weighted by Gasteiger charge is -2.08. The fourth-order valence-corrected chi connectivity index (χ4v) is 2.63. The molecular formula is C19H16N4O3. The molecule has 0 saturated heterocycles. The second-order valence-corrected chi connectivity index (χ2v) is 5.76. The summed E-state index contributed by atoms with van der Waals surface area (Å²) in [6.45, 7) is 4.17. The van der Waals surface area contributed by atoms with Crippen LogP contribution in [0.15, 0.2) is 48.5 Å². The van der Waals surface area contributed by atoms with E-state index in [4.69, 9.17) is 10.00 Å². The highest BCUT2D eigenvalue weighted by Gasteiger charge is 2.14. The average Bonchev–Trinajstić information content (AvgIpc) is 2.94. The molecule has 0 unspecified atom stereocenters. The normalized spacial score (nSPS) is 10.3. The fraction of sp³-hybridized carbons (Fsp3) is 0.158. The highest BCUT2D eigenvalue weighted by Crippen LogP contribution is 2.22. The molecule has 0 atom stereocenters. The second kappa shape index (κ2) is 7.07. The van der Waals surface area contributed by atoms with Crippen molar-refractivity contribution in [3.05, 3.63) is 81.2 Å². The number of hydrogen-bond acceptors (Lipinski definition) is 5. The number of hydrogen-bond donors (Lipinski definition) is 0. The number of aromatic nitrogens is 2. The molecule has 0 aliphatic heterocycles. The molecule has 2 aromatic carbocycles. The van der Waals surface area contributed by atoms with Crippen molar-refractivity contribution in [3.8, 4) is 17.5 Å². The number of rotatable bonds is 5. The van der Waals surface area contributed by atoms with E-state index in [1.54, 1.807) is 24.3 Å². The van der Waals surface area contributed by atoms with Gasteiger partial charge in [-0.25, -0.2) is 4.68 Å². The summed E-state index contributed by atoms with van der Waals surface area (Å²) < 4.78 is 7.57. The van der Waals surface area contributed by atoms with Crippen molar-refractivity contribution < 1.29 is 9.66 Å². The van der Waals surface area contributed by atoms with Crippen LogP contribution in [0.4, 0.5) is 5.69 Å². The van der Waals surface area contributed by atoms with Crippen LogP contribution < -0.4 is 4.74 Å². The highest BCUT2D eigenvalue weighted by molar-refractivity contribution is 5.42. The summed E-state index contributed by atoms with van der Waals surface area (Å²) in [5, 5.41) is 24.1. The summed E-state index contributed by atoms with van der Waals surface area (Å²) in [6.07, 6.45) is 0. The van der Waals surface area contributed by atoms with Crippen LogP contribution in [-0.4, -0.2) is 14.7 Å². The number of nitriles is 1. The monoisotopic (exact) mass is 348 g/mol. The molecule has 7 heteroatoms. The lowest BCUT2D eigenvalue weighted by molar-refractivity contribution is -0.384. The van der Waals surface area contributed by atoms with Crippen LogP contribution in [0.3, 0.4) is 0 Å². The molecule has 0 fully saturated rings. The van der Waals surface area contributed by atoms with E-state index in [9.17, 15) is 10.1 Å². The zero-order chi connectivity index (χ0) is 18.7. The van der Waals surface area contributed by atoms with E-state index >= 15 is 0 Å². The Bertz CT molecular complexity index is 983. The van der Waals surface area contributed by atoms with Gasteiger partial charge in [-0.3, -0.25) is 10.1 Å². The number of nitro groups is 1. The molecule has 1 heterocycles. The SMILES string of the molecule is Cc1nn(-c2ccc(C#N)cc2)c(C)c1COc1ccc([N+](=O)[O-])cc1. The van der Waals surface area contributed by atoms with Gasteiger partial charge >= 0.3 is 0 Å². The van der Waals surface area contributed by atoms with Gasteiger partial charge in [-0.05, 0) is 50.2 Å². The van der Waals surface area contributed by atoms with Crippen molar-refractivity contribution in [2.75, 3.05) is 0 Å². The van der Waals surface area contributed by atoms with Crippen LogP contribution in [0.5, 0.6) is 5.75 Å². The number of nitro benzene ring substituents is 1. The Morgan fingerprint density at radius 1 is 1.15 bits per heavy atom. The Morgan fingerprint density at radius 2 is 1.81 bits per heavy atom. The zero-order valence-electron chi connectivity index (χ0n) is 14.3. The quantitative estimate of drug-likeness (QED) is 0.515. The van der Waals surface area contributed by atoms with Crippen LogP contribution in [0.2, 0.25) is 0 Å². The van der Waals surface area contributed by atoms with Crippen molar-refractivity contribution >= 4 is 5.69 Å². The van der Waals surface area contributed by atoms with Gasteiger partial charge in [0, 0.05) is 23.4 Å². The molecule has 130 valence electrons. The van der Waals surface area contributed by atoms with Gasteiger partial charge in [0.15, 0.2) is 0 Å². The Morgan fingerprint density at radius 3 is 2.38 bits per heavy atom. The van der Waals surface area contributed by atoms with Gasteiger partial charge in [0.05, 0.1) is 27.9 Å². The third-order valence-electron chi connectivity index (χ3n) is 4.11. The van der Waals surface area contributed by atoms with E-state index in [0.717, 1.165) is 22.6 Å². The minimum absolute atomic E-state index is 0.0262. The molecule has 0 aliphatic rings. The first-order valence-electron chi connectivity index (χ1n) is 7.92. The Balaban J connectivity index is 1.79. The largest absolute Gasteiger partial charge is 0.489 e. The molecule has 3 rings (SSSR count). The number of benzene rings is 2. The molecule has 0 N–H and O–H groups in total. The van der Waals surface area contributed by atoms with E-state index in [0.29, 0.717) is 17.9 Å². The van der Waals surface area contributed by atoms with Crippen LogP contribution in [0.1, 0.15) is 22.5 Å². The van der Waals surface area contributed by atoms with Crippen molar-refractivity contribution in [1.82, 2.24) is 9.78 Å². The third kappa shape index (κ3) is 3.39. The van der Waals surface area contributed by atoms with Crippen molar-refractivity contribution in [3.63, 3.8) is 0 Å². The van der Waals surface area contributed by atoms with Gasteiger partial charge in [0.2, 0.25) is 0 Å². The maximum atomic E-state index is 10.7. The smallest absolute Gasteiger partial charge is 0.269 e. The molecule has 7 nitrogen and oxygen atoms in total. The molecule has 0 amide bonds. The van der Waals surface area contributed by atoms with E-state index in [1.165, 1.54) is 12.1 Å². The van der Waals surface area contributed by atoms with Gasteiger partial charge < -0.3 is 4.74 Å². The van der Waals surface area contributed by atoms with E-state index < -0.39 is 4.92 Å². The summed E-state index contributed by atoms with van der Waals surface area (Å²) in [5.41, 5.74) is 4.22. The summed E-state index contributed by atoms with van der Waals surface area (Å²) in [4.78, 5) is 10.2. The first-order chi connectivity index (χ1) is 12.5. The predicted octanol–water partition coefficient (Wildman–Crippen LogP) is 3.85. The average molecular weight is 348 g/mol. The number of ether oxygens (including phenoxy) is 1. The topological polar surface area (TPSA) is 94.0 Å². The molecule has 3 aromatic rings. The highest BCUT2D eigenvalue weighted by atomic mass is 16.6. The number of non-ortho nitro benzene ring substituents is 1. The molecule has 0 saturated carbocycles. The summed E-state index contributed by atoms with van der Waals surface area (Å²) in [5.74, 6) is 0.556. The standard InChI is InChI=1S/C19H16N4O3/c1-13-19(12-26-18-9-7-17(8-10-18)23(24)25)14(2)22(21-13)16-5-3-15(11-20)4-6-16/h3-10H,12H2,1-2H3. The van der Waals surface area contributed by atoms with E-state index in [1.807, 2.05) is 30.7 Å². The first kappa shape index (κ1) is 17.2. The number of nitrogens with zero attached hydrogens (tertiary/aromatic N) is 4. The number of aryl methyl sites for hydroxylation is 1. The lowest BCUT2D eigenvalue weighted by Crippen LogP contribution is -2.01. The minimum atomic E-state index is -0.445. The van der Waals surface area contributed by atoms with Gasteiger partial charge in [-0.1, -0.05) is 0 Å². The molecule has 0 radical (unpaired) electrons. The summed E-state index contributed by atoms with van der Waals surface area (Å²) >= 11 is 0. The maximum Gasteiger partial charge on any atom is 0.269 e. The third-order valence-corrected chi connectivity index (χ3v) is 4.11. The Kier molecular flexibility index (Phi) is 4.67.